The summed E-state index contributed by atoms with van der Waals surface area (Å²) in [5.41, 5.74) is 0.732. The number of rotatable bonds is 1. The second-order valence-electron chi connectivity index (χ2n) is 2.95. The van der Waals surface area contributed by atoms with Crippen molar-refractivity contribution >= 4 is 26.2 Å². The molecule has 0 atom stereocenters. The molecule has 0 unspecified atom stereocenters. The summed E-state index contributed by atoms with van der Waals surface area (Å²) in [4.78, 5) is 0. The zero-order valence-corrected chi connectivity index (χ0v) is 10.2. The minimum absolute atomic E-state index is 0.202. The third-order valence-corrected chi connectivity index (χ3v) is 3.29. The van der Waals surface area contributed by atoms with Crippen LogP contribution in [0.2, 0.25) is 0 Å². The Balaban J connectivity index is 2.57. The van der Waals surface area contributed by atoms with Gasteiger partial charge >= 0.3 is 10.3 Å². The van der Waals surface area contributed by atoms with E-state index in [-0.39, 0.29) is 12.3 Å². The molecule has 5 nitrogen and oxygen atoms in total. The summed E-state index contributed by atoms with van der Waals surface area (Å²) in [5.74, 6) is 0.643. The van der Waals surface area contributed by atoms with E-state index >= 15 is 0 Å². The number of fused-ring (bicyclic) bond motifs is 1. The summed E-state index contributed by atoms with van der Waals surface area (Å²) in [6, 6.07) is 3.43. The predicted molar refractivity (Wildman–Crippen MR) is 57.1 cm³/mol. The summed E-state index contributed by atoms with van der Waals surface area (Å²) in [6.45, 7) is 0.202. The maximum absolute atomic E-state index is 11.2. The van der Waals surface area contributed by atoms with Gasteiger partial charge < -0.3 is 8.92 Å². The topological polar surface area (TPSA) is 64.6 Å². The highest BCUT2D eigenvalue weighted by Crippen LogP contribution is 2.37. The molecule has 1 N–H and O–H groups in total. The highest BCUT2D eigenvalue weighted by molar-refractivity contribution is 9.10. The summed E-state index contributed by atoms with van der Waals surface area (Å²) in [5, 5.41) is 0. The Morgan fingerprint density at radius 2 is 2.27 bits per heavy atom. The number of hydrogen-bond acceptors (Lipinski definition) is 4. The lowest BCUT2D eigenvalue weighted by molar-refractivity contribution is 0.380. The molecular formula is C8H8BrNO4S. The van der Waals surface area contributed by atoms with Crippen molar-refractivity contribution in [2.75, 3.05) is 7.11 Å². The van der Waals surface area contributed by atoms with Gasteiger partial charge in [-0.1, -0.05) is 15.9 Å². The molecule has 0 spiro atoms. The van der Waals surface area contributed by atoms with Gasteiger partial charge in [-0.25, -0.2) is 0 Å². The number of halogens is 1. The molecule has 1 aromatic rings. The molecule has 0 aliphatic carbocycles. The standard InChI is InChI=1S/C8H8BrNO4S/c1-13-7-3-6(9)2-5-4-10-15(11,12)14-8(5)7/h2-3,10H,4H2,1H3. The van der Waals surface area contributed by atoms with E-state index in [4.69, 9.17) is 8.92 Å². The van der Waals surface area contributed by atoms with Crippen LogP contribution in [0.5, 0.6) is 11.5 Å². The van der Waals surface area contributed by atoms with E-state index in [1.165, 1.54) is 7.11 Å². The van der Waals surface area contributed by atoms with Crippen LogP contribution in [0.4, 0.5) is 0 Å². The fraction of sp³-hybridized carbons (Fsp3) is 0.250. The van der Waals surface area contributed by atoms with Gasteiger partial charge in [-0.15, -0.1) is 0 Å². The van der Waals surface area contributed by atoms with E-state index in [1.807, 2.05) is 0 Å². The molecule has 82 valence electrons. The third kappa shape index (κ3) is 2.09. The smallest absolute Gasteiger partial charge is 0.383 e. The van der Waals surface area contributed by atoms with Crippen LogP contribution < -0.4 is 13.6 Å². The number of nitrogens with one attached hydrogen (secondary N) is 1. The fourth-order valence-corrected chi connectivity index (χ4v) is 2.59. The molecule has 7 heteroatoms. The van der Waals surface area contributed by atoms with E-state index in [1.54, 1.807) is 12.1 Å². The summed E-state index contributed by atoms with van der Waals surface area (Å²) < 4.78 is 35.3. The molecule has 1 aliphatic heterocycles. The lowest BCUT2D eigenvalue weighted by Gasteiger charge is -2.20. The van der Waals surface area contributed by atoms with Crippen molar-refractivity contribution in [1.82, 2.24) is 4.72 Å². The Bertz CT molecular complexity index is 482. The quantitative estimate of drug-likeness (QED) is 0.845. The zero-order valence-electron chi connectivity index (χ0n) is 7.78. The van der Waals surface area contributed by atoms with Gasteiger partial charge in [0.25, 0.3) is 0 Å². The Labute approximate surface area is 95.8 Å². The van der Waals surface area contributed by atoms with E-state index < -0.39 is 10.3 Å². The Hall–Kier alpha value is -0.790. The molecule has 0 amide bonds. The van der Waals surface area contributed by atoms with Crippen LogP contribution in [0.15, 0.2) is 16.6 Å². The number of ether oxygens (including phenoxy) is 1. The largest absolute Gasteiger partial charge is 0.493 e. The summed E-state index contributed by atoms with van der Waals surface area (Å²) >= 11 is 3.30. The first-order valence-electron chi connectivity index (χ1n) is 4.07. The Morgan fingerprint density at radius 3 is 2.93 bits per heavy atom. The number of benzene rings is 1. The maximum atomic E-state index is 11.2. The van der Waals surface area contributed by atoms with Crippen molar-refractivity contribution < 1.29 is 17.3 Å². The number of methoxy groups -OCH3 is 1. The molecular weight excluding hydrogens is 286 g/mol. The van der Waals surface area contributed by atoms with Gasteiger partial charge in [-0.05, 0) is 12.1 Å². The van der Waals surface area contributed by atoms with Crippen LogP contribution in [0.3, 0.4) is 0 Å². The van der Waals surface area contributed by atoms with Crippen LogP contribution in [0.25, 0.3) is 0 Å². The first kappa shape index (κ1) is 10.7. The van der Waals surface area contributed by atoms with Gasteiger partial charge in [0, 0.05) is 16.6 Å². The average molecular weight is 294 g/mol. The van der Waals surface area contributed by atoms with Crippen molar-refractivity contribution in [3.05, 3.63) is 22.2 Å². The van der Waals surface area contributed by atoms with Crippen LogP contribution in [-0.4, -0.2) is 15.5 Å². The predicted octanol–water partition coefficient (Wildman–Crippen LogP) is 1.18. The second kappa shape index (κ2) is 3.66. The van der Waals surface area contributed by atoms with E-state index in [0.717, 1.165) is 10.0 Å². The van der Waals surface area contributed by atoms with E-state index in [2.05, 4.69) is 20.7 Å². The zero-order chi connectivity index (χ0) is 11.1. The highest BCUT2D eigenvalue weighted by atomic mass is 79.9. The molecule has 15 heavy (non-hydrogen) atoms. The van der Waals surface area contributed by atoms with E-state index in [9.17, 15) is 8.42 Å². The van der Waals surface area contributed by atoms with Gasteiger partial charge in [0.05, 0.1) is 7.11 Å². The Kier molecular flexibility index (Phi) is 2.61. The molecule has 0 fully saturated rings. The van der Waals surface area contributed by atoms with Crippen molar-refractivity contribution in [1.29, 1.82) is 0 Å². The van der Waals surface area contributed by atoms with Crippen LogP contribution >= 0.6 is 15.9 Å². The molecule has 0 bridgehead atoms. The maximum Gasteiger partial charge on any atom is 0.383 e. The number of hydrogen-bond donors (Lipinski definition) is 1. The molecule has 0 saturated carbocycles. The first-order valence-corrected chi connectivity index (χ1v) is 6.27. The molecule has 0 saturated heterocycles. The molecule has 0 aromatic heterocycles. The molecule has 1 aromatic carbocycles. The van der Waals surface area contributed by atoms with Crippen molar-refractivity contribution in [2.24, 2.45) is 0 Å². The summed E-state index contributed by atoms with van der Waals surface area (Å²) in [6.07, 6.45) is 0. The van der Waals surface area contributed by atoms with Crippen molar-refractivity contribution in [3.8, 4) is 11.5 Å². The minimum atomic E-state index is -3.69. The van der Waals surface area contributed by atoms with Gasteiger partial charge in [-0.2, -0.15) is 13.1 Å². The minimum Gasteiger partial charge on any atom is -0.493 e. The average Bonchev–Trinajstić information content (AvgIpc) is 2.17. The normalized spacial score (nSPS) is 17.7. The SMILES string of the molecule is COc1cc(Br)cc2c1OS(=O)(=O)NC2. The van der Waals surface area contributed by atoms with Gasteiger partial charge in [0.1, 0.15) is 0 Å². The lowest BCUT2D eigenvalue weighted by Crippen LogP contribution is -2.32. The van der Waals surface area contributed by atoms with E-state index in [0.29, 0.717) is 5.75 Å². The van der Waals surface area contributed by atoms with Gasteiger partial charge in [0.15, 0.2) is 11.5 Å². The molecule has 1 heterocycles. The molecule has 1 aliphatic rings. The van der Waals surface area contributed by atoms with Crippen LogP contribution in [0.1, 0.15) is 5.56 Å². The molecule has 0 radical (unpaired) electrons. The Morgan fingerprint density at radius 1 is 1.53 bits per heavy atom. The van der Waals surface area contributed by atoms with Crippen molar-refractivity contribution in [2.45, 2.75) is 6.54 Å². The first-order chi connectivity index (χ1) is 7.02. The highest BCUT2D eigenvalue weighted by Gasteiger charge is 2.25. The second-order valence-corrected chi connectivity index (χ2v) is 5.23. The summed E-state index contributed by atoms with van der Waals surface area (Å²) in [7, 11) is -2.23. The van der Waals surface area contributed by atoms with Crippen LogP contribution in [0, 0.1) is 0 Å². The van der Waals surface area contributed by atoms with Gasteiger partial charge in [0.2, 0.25) is 0 Å². The third-order valence-electron chi connectivity index (χ3n) is 1.95. The lowest BCUT2D eigenvalue weighted by atomic mass is 10.2. The molecule has 2 rings (SSSR count). The fourth-order valence-electron chi connectivity index (χ4n) is 1.31. The monoisotopic (exact) mass is 293 g/mol. The van der Waals surface area contributed by atoms with Crippen LogP contribution in [-0.2, 0) is 16.8 Å². The van der Waals surface area contributed by atoms with Crippen molar-refractivity contribution in [3.63, 3.8) is 0 Å². The van der Waals surface area contributed by atoms with Gasteiger partial charge in [-0.3, -0.25) is 0 Å².